The molecule has 0 aromatic heterocycles. The fourth-order valence-electron chi connectivity index (χ4n) is 0.328. The molecule has 0 atom stereocenters. The van der Waals surface area contributed by atoms with Gasteiger partial charge in [-0.2, -0.15) is 0 Å². The van der Waals surface area contributed by atoms with Crippen molar-refractivity contribution in [2.24, 2.45) is 0 Å². The van der Waals surface area contributed by atoms with Crippen molar-refractivity contribution in [3.8, 4) is 0 Å². The molecule has 3 heteroatoms. The van der Waals surface area contributed by atoms with Gasteiger partial charge in [0, 0.05) is 0 Å². The molecule has 0 bridgehead atoms. The van der Waals surface area contributed by atoms with Crippen LogP contribution in [0, 0.1) is 0 Å². The van der Waals surface area contributed by atoms with Gasteiger partial charge >= 0.3 is 55.2 Å². The molecule has 2 nitrogen and oxygen atoms in total. The second-order valence-electron chi connectivity index (χ2n) is 1.50. The quantitative estimate of drug-likeness (QED) is 0.801. The fourth-order valence-corrected chi connectivity index (χ4v) is 2.88. The van der Waals surface area contributed by atoms with E-state index in [9.17, 15) is 4.79 Å². The monoisotopic (exact) mass is 290 g/mol. The van der Waals surface area contributed by atoms with Crippen LogP contribution in [0.1, 0.15) is 13.3 Å². The normalized spacial score (nSPS) is 7.57. The molecular weight excluding hydrogens is 281 g/mol. The van der Waals surface area contributed by atoms with Crippen LogP contribution in [0.2, 0.25) is 3.93 Å². The van der Waals surface area contributed by atoms with Gasteiger partial charge in [-0.3, -0.25) is 0 Å². The molecule has 0 aliphatic rings. The fraction of sp³-hybridized carbons (Fsp3) is 0.750. The second-order valence-corrected chi connectivity index (χ2v) is 8.54. The summed E-state index contributed by atoms with van der Waals surface area (Å²) in [5.74, 6) is 0. The molecule has 7 heavy (non-hydrogen) atoms. The van der Waals surface area contributed by atoms with Crippen LogP contribution < -0.4 is 0 Å². The van der Waals surface area contributed by atoms with Gasteiger partial charge in [-0.15, -0.1) is 0 Å². The molecule has 0 radical (unpaired) electrons. The summed E-state index contributed by atoms with van der Waals surface area (Å²) in [4.78, 5) is 9.86. The van der Waals surface area contributed by atoms with Crippen LogP contribution in [0.25, 0.3) is 0 Å². The van der Waals surface area contributed by atoms with Crippen LogP contribution in [0.4, 0.5) is 4.79 Å². The third-order valence-electron chi connectivity index (χ3n) is 0.744. The average Bonchev–Trinajstić information content (AvgIpc) is 1.61. The molecule has 0 aliphatic heterocycles. The van der Waals surface area contributed by atoms with E-state index in [4.69, 9.17) is 5.11 Å². The van der Waals surface area contributed by atoms with Gasteiger partial charge in [-0.05, 0) is 0 Å². The molecule has 0 aliphatic carbocycles. The molecule has 0 amide bonds. The number of hydrogen-bond donors (Lipinski definition) is 1. The van der Waals surface area contributed by atoms with E-state index in [0.717, 1.165) is 10.4 Å². The van der Waals surface area contributed by atoms with Gasteiger partial charge in [0.15, 0.2) is 0 Å². The number of hydrogen-bond acceptors (Lipinski definition) is 1. The Morgan fingerprint density at radius 1 is 1.86 bits per heavy atom. The molecule has 0 saturated carbocycles. The summed E-state index contributed by atoms with van der Waals surface area (Å²) in [6, 6.07) is 0. The van der Waals surface area contributed by atoms with E-state index in [-0.39, 0.29) is 0 Å². The van der Waals surface area contributed by atoms with E-state index >= 15 is 0 Å². The molecule has 0 saturated heterocycles. The Hall–Kier alpha value is 0.405. The Balaban J connectivity index is 2.82. The van der Waals surface area contributed by atoms with Crippen molar-refractivity contribution in [3.63, 3.8) is 0 Å². The Labute approximate surface area is 55.3 Å². The summed E-state index contributed by atoms with van der Waals surface area (Å²) >= 11 is -1.37. The van der Waals surface area contributed by atoms with Crippen molar-refractivity contribution in [3.05, 3.63) is 0 Å². The standard InChI is InChI=1S/C3H7.CHO2.Hg/c1-3-2;2-1-3;/h1,3H2,2H3;(H,2,3);. The van der Waals surface area contributed by atoms with Crippen LogP contribution in [0.3, 0.4) is 0 Å². The maximum atomic E-state index is 9.86. The molecular formula is C4H8HgO2. The zero-order valence-electron chi connectivity index (χ0n) is 4.48. The Kier molecular flexibility index (Phi) is 4.83. The van der Waals surface area contributed by atoms with Gasteiger partial charge in [-0.25, -0.2) is 0 Å². The topological polar surface area (TPSA) is 37.3 Å². The molecule has 1 N–H and O–H groups in total. The van der Waals surface area contributed by atoms with Gasteiger partial charge < -0.3 is 0 Å². The molecule has 0 heterocycles. The summed E-state index contributed by atoms with van der Waals surface area (Å²) < 4.78 is 0.553. The minimum atomic E-state index is -1.37. The van der Waals surface area contributed by atoms with E-state index in [1.165, 1.54) is 0 Å². The summed E-state index contributed by atoms with van der Waals surface area (Å²) in [6.45, 7) is 2.03. The van der Waals surface area contributed by atoms with Crippen molar-refractivity contribution in [2.45, 2.75) is 17.3 Å². The molecule has 0 spiro atoms. The first-order valence-corrected chi connectivity index (χ1v) is 9.12. The van der Waals surface area contributed by atoms with Crippen LogP contribution >= 0.6 is 0 Å². The summed E-state index contributed by atoms with van der Waals surface area (Å²) in [7, 11) is 0. The Morgan fingerprint density at radius 3 is 2.57 bits per heavy atom. The van der Waals surface area contributed by atoms with E-state index in [2.05, 4.69) is 0 Å². The van der Waals surface area contributed by atoms with Gasteiger partial charge in [-0.1, -0.05) is 0 Å². The summed E-state index contributed by atoms with van der Waals surface area (Å²) in [6.07, 6.45) is 1.06. The first-order chi connectivity index (χ1) is 3.27. The molecule has 0 aromatic rings. The van der Waals surface area contributed by atoms with Gasteiger partial charge in [0.2, 0.25) is 0 Å². The van der Waals surface area contributed by atoms with E-state index in [0.29, 0.717) is 0 Å². The minimum absolute atomic E-state index is 0.471. The predicted octanol–water partition coefficient (Wildman–Crippen LogP) is 1.58. The average molecular weight is 289 g/mol. The van der Waals surface area contributed by atoms with E-state index in [1.807, 2.05) is 6.92 Å². The molecule has 0 unspecified atom stereocenters. The molecule has 38 valence electrons. The SMILES string of the molecule is CC[CH2][Hg][C](=O)O. The number of rotatable bonds is 3. The van der Waals surface area contributed by atoms with Crippen LogP contribution in [-0.4, -0.2) is 8.58 Å². The third kappa shape index (κ3) is 6.41. The first-order valence-electron chi connectivity index (χ1n) is 2.49. The van der Waals surface area contributed by atoms with E-state index in [1.54, 1.807) is 0 Å². The maximum absolute atomic E-state index is 9.86. The van der Waals surface area contributed by atoms with Gasteiger partial charge in [0.1, 0.15) is 0 Å². The second kappa shape index (κ2) is 4.56. The molecule has 0 aromatic carbocycles. The summed E-state index contributed by atoms with van der Waals surface area (Å²) in [5.41, 5.74) is 0. The third-order valence-corrected chi connectivity index (χ3v) is 6.53. The van der Waals surface area contributed by atoms with Crippen LogP contribution in [-0.2, 0) is 24.6 Å². The Morgan fingerprint density at radius 2 is 2.43 bits per heavy atom. The van der Waals surface area contributed by atoms with Crippen molar-refractivity contribution in [1.29, 1.82) is 0 Å². The van der Waals surface area contributed by atoms with Crippen LogP contribution in [0.15, 0.2) is 0 Å². The zero-order chi connectivity index (χ0) is 5.70. The first kappa shape index (κ1) is 7.41. The Bertz CT molecular complexity index is 62.7. The predicted molar refractivity (Wildman–Crippen MR) is 23.1 cm³/mol. The van der Waals surface area contributed by atoms with Crippen LogP contribution in [0.5, 0.6) is 0 Å². The number of carboxylic acid groups (broad SMARTS) is 1. The molecule has 0 rings (SSSR count). The van der Waals surface area contributed by atoms with Gasteiger partial charge in [0.25, 0.3) is 0 Å². The van der Waals surface area contributed by atoms with Crippen molar-refractivity contribution < 1.29 is 34.5 Å². The van der Waals surface area contributed by atoms with Crippen molar-refractivity contribution >= 4 is 3.48 Å². The van der Waals surface area contributed by atoms with E-state index < -0.39 is 28.1 Å². The summed E-state index contributed by atoms with van der Waals surface area (Å²) in [5, 5.41) is 8.14. The van der Waals surface area contributed by atoms with Crippen molar-refractivity contribution in [1.82, 2.24) is 0 Å². The van der Waals surface area contributed by atoms with Crippen molar-refractivity contribution in [2.75, 3.05) is 0 Å². The zero-order valence-corrected chi connectivity index (χ0v) is 9.97. The number of carbonyl (C=O) groups is 1. The molecule has 0 fully saturated rings. The van der Waals surface area contributed by atoms with Gasteiger partial charge in [0.05, 0.1) is 0 Å².